The fraction of sp³-hybridized carbons (Fsp3) is 0.500. The summed E-state index contributed by atoms with van der Waals surface area (Å²) in [6.07, 6.45) is 5.12. The molecule has 0 atom stereocenters. The number of aryl methyl sites for hydroxylation is 1. The van der Waals surface area contributed by atoms with Gasteiger partial charge in [-0.2, -0.15) is 4.31 Å². The summed E-state index contributed by atoms with van der Waals surface area (Å²) in [5, 5.41) is 2.97. The van der Waals surface area contributed by atoms with Crippen LogP contribution in [0, 0.1) is 6.92 Å². The van der Waals surface area contributed by atoms with E-state index >= 15 is 0 Å². The maximum atomic E-state index is 13.0. The van der Waals surface area contributed by atoms with E-state index in [4.69, 9.17) is 0 Å². The Bertz CT molecular complexity index is 1100. The molecule has 34 heavy (non-hydrogen) atoms. The first-order valence-corrected chi connectivity index (χ1v) is 13.6. The van der Waals surface area contributed by atoms with Crippen LogP contribution in [0.4, 0.5) is 11.4 Å². The van der Waals surface area contributed by atoms with Crippen LogP contribution in [-0.2, 0) is 10.0 Å². The Morgan fingerprint density at radius 2 is 1.62 bits per heavy atom. The third-order valence-corrected chi connectivity index (χ3v) is 9.13. The number of hydrogen-bond donors (Lipinski definition) is 1. The molecule has 0 aromatic heterocycles. The Hall–Kier alpha value is -2.42. The quantitative estimate of drug-likeness (QED) is 0.672. The number of nitrogens with one attached hydrogen (secondary N) is 1. The molecule has 1 N–H and O–H groups in total. The molecule has 184 valence electrons. The molecule has 1 heterocycles. The van der Waals surface area contributed by atoms with Gasteiger partial charge < -0.3 is 15.1 Å². The Balaban J connectivity index is 1.42. The van der Waals surface area contributed by atoms with Gasteiger partial charge in [0.2, 0.25) is 10.0 Å². The molecule has 2 aromatic carbocycles. The molecule has 7 nitrogen and oxygen atoms in total. The first-order valence-electron chi connectivity index (χ1n) is 12.2. The molecule has 2 fully saturated rings. The third-order valence-electron chi connectivity index (χ3n) is 7.21. The summed E-state index contributed by atoms with van der Waals surface area (Å²) in [6.45, 7) is 6.06. The van der Waals surface area contributed by atoms with Crippen LogP contribution in [0.15, 0.2) is 47.4 Å². The van der Waals surface area contributed by atoms with Gasteiger partial charge in [-0.1, -0.05) is 19.3 Å². The van der Waals surface area contributed by atoms with E-state index in [-0.39, 0.29) is 16.8 Å². The van der Waals surface area contributed by atoms with Crippen molar-refractivity contribution in [2.45, 2.75) is 50.0 Å². The number of carbonyl (C=O) groups is 1. The molecular weight excluding hydrogens is 448 g/mol. The van der Waals surface area contributed by atoms with Crippen molar-refractivity contribution >= 4 is 27.3 Å². The molecule has 1 aliphatic carbocycles. The number of anilines is 2. The molecule has 8 heteroatoms. The lowest BCUT2D eigenvalue weighted by Crippen LogP contribution is -2.44. The lowest BCUT2D eigenvalue weighted by molar-refractivity contribution is 0.102. The zero-order valence-electron chi connectivity index (χ0n) is 20.5. The van der Waals surface area contributed by atoms with Crippen molar-refractivity contribution in [2.24, 2.45) is 0 Å². The second-order valence-corrected chi connectivity index (χ2v) is 11.6. The van der Waals surface area contributed by atoms with Gasteiger partial charge in [0.15, 0.2) is 0 Å². The highest BCUT2D eigenvalue weighted by molar-refractivity contribution is 7.89. The molecule has 1 saturated heterocycles. The van der Waals surface area contributed by atoms with Crippen molar-refractivity contribution in [2.75, 3.05) is 50.5 Å². The number of hydrogen-bond acceptors (Lipinski definition) is 5. The highest BCUT2D eigenvalue weighted by atomic mass is 32.2. The van der Waals surface area contributed by atoms with E-state index in [0.717, 1.165) is 63.1 Å². The average molecular weight is 485 g/mol. The van der Waals surface area contributed by atoms with Crippen molar-refractivity contribution in [1.82, 2.24) is 9.21 Å². The highest BCUT2D eigenvalue weighted by Gasteiger charge is 2.29. The maximum Gasteiger partial charge on any atom is 0.255 e. The molecule has 2 aromatic rings. The van der Waals surface area contributed by atoms with Crippen LogP contribution in [0.25, 0.3) is 0 Å². The standard InChI is InChI=1S/C26H36N4O3S/c1-20-19-23(30-17-15-28(2)16-18-30)11-14-25(20)27-26(31)21-9-12-24(13-10-21)34(32,33)29(3)22-7-5-4-6-8-22/h9-14,19,22H,4-8,15-18H2,1-3H3,(H,27,31). The van der Waals surface area contributed by atoms with Crippen molar-refractivity contribution < 1.29 is 13.2 Å². The van der Waals surface area contributed by atoms with Crippen molar-refractivity contribution in [3.8, 4) is 0 Å². The van der Waals surface area contributed by atoms with Gasteiger partial charge in [-0.3, -0.25) is 4.79 Å². The van der Waals surface area contributed by atoms with E-state index < -0.39 is 10.0 Å². The molecule has 1 aliphatic heterocycles. The number of benzene rings is 2. The van der Waals surface area contributed by atoms with E-state index in [9.17, 15) is 13.2 Å². The van der Waals surface area contributed by atoms with E-state index in [0.29, 0.717) is 5.56 Å². The smallest absolute Gasteiger partial charge is 0.255 e. The van der Waals surface area contributed by atoms with Crippen LogP contribution in [0.2, 0.25) is 0 Å². The fourth-order valence-corrected chi connectivity index (χ4v) is 6.25. The summed E-state index contributed by atoms with van der Waals surface area (Å²) >= 11 is 0. The lowest BCUT2D eigenvalue weighted by Gasteiger charge is -2.34. The zero-order chi connectivity index (χ0) is 24.3. The van der Waals surface area contributed by atoms with E-state index in [1.54, 1.807) is 19.2 Å². The first-order chi connectivity index (χ1) is 16.3. The molecule has 1 saturated carbocycles. The number of nitrogens with zero attached hydrogens (tertiary/aromatic N) is 3. The summed E-state index contributed by atoms with van der Waals surface area (Å²) in [4.78, 5) is 17.8. The summed E-state index contributed by atoms with van der Waals surface area (Å²) < 4.78 is 27.6. The van der Waals surface area contributed by atoms with Gasteiger partial charge in [0.25, 0.3) is 5.91 Å². The number of likely N-dealkylation sites (N-methyl/N-ethyl adjacent to an activating group) is 1. The van der Waals surface area contributed by atoms with Gasteiger partial charge >= 0.3 is 0 Å². The average Bonchev–Trinajstić information content (AvgIpc) is 2.86. The molecule has 2 aliphatic rings. The van der Waals surface area contributed by atoms with Gasteiger partial charge in [0.1, 0.15) is 0 Å². The van der Waals surface area contributed by atoms with Gasteiger partial charge in [-0.25, -0.2) is 8.42 Å². The molecule has 4 rings (SSSR count). The topological polar surface area (TPSA) is 73.0 Å². The second-order valence-electron chi connectivity index (χ2n) is 9.58. The van der Waals surface area contributed by atoms with Crippen molar-refractivity contribution in [1.29, 1.82) is 0 Å². The van der Waals surface area contributed by atoms with Gasteiger partial charge in [0.05, 0.1) is 4.90 Å². The Morgan fingerprint density at radius 1 is 0.971 bits per heavy atom. The van der Waals surface area contributed by atoms with Crippen LogP contribution in [-0.4, -0.2) is 69.8 Å². The van der Waals surface area contributed by atoms with E-state index in [1.807, 2.05) is 19.1 Å². The molecule has 0 unspecified atom stereocenters. The van der Waals surface area contributed by atoms with Crippen molar-refractivity contribution in [3.63, 3.8) is 0 Å². The van der Waals surface area contributed by atoms with Crippen molar-refractivity contribution in [3.05, 3.63) is 53.6 Å². The van der Waals surface area contributed by atoms with Gasteiger partial charge in [-0.15, -0.1) is 0 Å². The zero-order valence-corrected chi connectivity index (χ0v) is 21.3. The van der Waals surface area contributed by atoms with Crippen LogP contribution < -0.4 is 10.2 Å². The minimum absolute atomic E-state index is 0.0542. The Kier molecular flexibility index (Phi) is 7.60. The predicted octanol–water partition coefficient (Wildman–Crippen LogP) is 3.95. The van der Waals surface area contributed by atoms with E-state index in [1.165, 1.54) is 28.5 Å². The third kappa shape index (κ3) is 5.45. The Labute approximate surface area is 203 Å². The molecule has 1 amide bonds. The Morgan fingerprint density at radius 3 is 2.24 bits per heavy atom. The minimum atomic E-state index is -3.57. The predicted molar refractivity (Wildman–Crippen MR) is 137 cm³/mol. The largest absolute Gasteiger partial charge is 0.369 e. The molecule has 0 radical (unpaired) electrons. The summed E-state index contributed by atoms with van der Waals surface area (Å²) in [5.74, 6) is -0.250. The molecular formula is C26H36N4O3S. The lowest BCUT2D eigenvalue weighted by atomic mass is 9.96. The number of sulfonamides is 1. The van der Waals surface area contributed by atoms with Crippen LogP contribution >= 0.6 is 0 Å². The summed E-state index contributed by atoms with van der Waals surface area (Å²) in [6, 6.07) is 12.4. The molecule has 0 spiro atoms. The first kappa shape index (κ1) is 24.7. The number of amides is 1. The number of piperazine rings is 1. The van der Waals surface area contributed by atoms with Crippen LogP contribution in [0.3, 0.4) is 0 Å². The maximum absolute atomic E-state index is 13.0. The van der Waals surface area contributed by atoms with Crippen LogP contribution in [0.1, 0.15) is 48.0 Å². The monoisotopic (exact) mass is 484 g/mol. The second kappa shape index (κ2) is 10.5. The molecule has 0 bridgehead atoms. The normalized spacial score (nSPS) is 18.3. The van der Waals surface area contributed by atoms with Crippen LogP contribution in [0.5, 0.6) is 0 Å². The summed E-state index contributed by atoms with van der Waals surface area (Å²) in [5.41, 5.74) is 3.36. The minimum Gasteiger partial charge on any atom is -0.369 e. The SMILES string of the molecule is Cc1cc(N2CCN(C)CC2)ccc1NC(=O)c1ccc(S(=O)(=O)N(C)C2CCCCC2)cc1. The fourth-order valence-electron chi connectivity index (χ4n) is 4.83. The van der Waals surface area contributed by atoms with Gasteiger partial charge in [0, 0.05) is 56.2 Å². The van der Waals surface area contributed by atoms with Gasteiger partial charge in [-0.05, 0) is 74.8 Å². The summed E-state index contributed by atoms with van der Waals surface area (Å²) in [7, 11) is 0.233. The van der Waals surface area contributed by atoms with E-state index in [2.05, 4.69) is 28.2 Å². The number of rotatable bonds is 6. The highest BCUT2D eigenvalue weighted by Crippen LogP contribution is 2.27. The number of carbonyl (C=O) groups excluding carboxylic acids is 1.